The number of piperidine rings is 1. The third-order valence-electron chi connectivity index (χ3n) is 7.19. The third kappa shape index (κ3) is 4.44. The molecule has 0 spiro atoms. The van der Waals surface area contributed by atoms with Gasteiger partial charge in [-0.05, 0) is 52.2 Å². The van der Waals surface area contributed by atoms with E-state index < -0.39 is 11.2 Å². The zero-order chi connectivity index (χ0) is 25.9. The summed E-state index contributed by atoms with van der Waals surface area (Å²) in [6.45, 7) is 7.29. The van der Waals surface area contributed by atoms with Crippen LogP contribution in [0.1, 0.15) is 45.7 Å². The van der Waals surface area contributed by atoms with Crippen LogP contribution in [0.5, 0.6) is 5.75 Å². The van der Waals surface area contributed by atoms with Crippen LogP contribution >= 0.6 is 0 Å². The molecule has 2 atom stereocenters. The van der Waals surface area contributed by atoms with Crippen molar-refractivity contribution in [2.45, 2.75) is 63.3 Å². The van der Waals surface area contributed by atoms with Gasteiger partial charge in [-0.2, -0.15) is 5.26 Å². The minimum Gasteiger partial charge on any atom is -0.490 e. The molecule has 1 amide bonds. The first kappa shape index (κ1) is 23.6. The molecule has 6 heterocycles. The number of pyridine rings is 2. The topological polar surface area (TPSA) is 116 Å². The summed E-state index contributed by atoms with van der Waals surface area (Å²) in [4.78, 5) is 25.7. The van der Waals surface area contributed by atoms with Crippen LogP contribution in [0.2, 0.25) is 0 Å². The van der Waals surface area contributed by atoms with Gasteiger partial charge in [-0.25, -0.2) is 14.8 Å². The van der Waals surface area contributed by atoms with E-state index in [4.69, 9.17) is 14.5 Å². The van der Waals surface area contributed by atoms with Gasteiger partial charge in [0.2, 0.25) is 0 Å². The summed E-state index contributed by atoms with van der Waals surface area (Å²) in [7, 11) is 0. The van der Waals surface area contributed by atoms with Gasteiger partial charge in [0.05, 0.1) is 29.6 Å². The zero-order valence-electron chi connectivity index (χ0n) is 21.2. The Balaban J connectivity index is 1.22. The van der Waals surface area contributed by atoms with Crippen molar-refractivity contribution in [3.63, 3.8) is 0 Å². The van der Waals surface area contributed by atoms with Crippen molar-refractivity contribution < 1.29 is 19.4 Å². The van der Waals surface area contributed by atoms with Crippen molar-refractivity contribution in [3.05, 3.63) is 42.4 Å². The van der Waals surface area contributed by atoms with Gasteiger partial charge in [0, 0.05) is 37.0 Å². The van der Waals surface area contributed by atoms with Crippen LogP contribution in [0, 0.1) is 11.3 Å². The van der Waals surface area contributed by atoms with Crippen molar-refractivity contribution in [1.29, 1.82) is 5.26 Å². The number of hydrogen-bond acceptors (Lipinski definition) is 8. The molecule has 37 heavy (non-hydrogen) atoms. The molecule has 2 bridgehead atoms. The molecule has 3 aromatic rings. The Kier molecular flexibility index (Phi) is 5.31. The number of fused-ring (bicyclic) bond motifs is 3. The predicted molar refractivity (Wildman–Crippen MR) is 135 cm³/mol. The van der Waals surface area contributed by atoms with Gasteiger partial charge in [0.1, 0.15) is 41.2 Å². The zero-order valence-corrected chi connectivity index (χ0v) is 21.2. The van der Waals surface area contributed by atoms with Crippen LogP contribution in [-0.2, 0) is 4.74 Å². The first-order chi connectivity index (χ1) is 17.6. The molecular formula is C27H30N6O4. The average Bonchev–Trinajstić information content (AvgIpc) is 3.45. The lowest BCUT2D eigenvalue weighted by Crippen LogP contribution is -2.70. The highest BCUT2D eigenvalue weighted by Gasteiger charge is 2.49. The van der Waals surface area contributed by atoms with E-state index in [0.29, 0.717) is 30.2 Å². The van der Waals surface area contributed by atoms with Crippen LogP contribution in [0.3, 0.4) is 0 Å². The van der Waals surface area contributed by atoms with Gasteiger partial charge in [-0.15, -0.1) is 0 Å². The summed E-state index contributed by atoms with van der Waals surface area (Å²) < 4.78 is 13.2. The molecule has 1 aliphatic carbocycles. The second kappa shape index (κ2) is 8.35. The molecule has 192 valence electrons. The Morgan fingerprint density at radius 2 is 1.95 bits per heavy atom. The molecule has 3 saturated heterocycles. The van der Waals surface area contributed by atoms with E-state index in [1.54, 1.807) is 16.7 Å². The largest absolute Gasteiger partial charge is 0.490 e. The second-order valence-electron chi connectivity index (χ2n) is 11.3. The van der Waals surface area contributed by atoms with Gasteiger partial charge in [-0.1, -0.05) is 0 Å². The van der Waals surface area contributed by atoms with E-state index in [0.717, 1.165) is 36.3 Å². The van der Waals surface area contributed by atoms with Gasteiger partial charge in [0.25, 0.3) is 0 Å². The maximum atomic E-state index is 12.6. The molecule has 0 radical (unpaired) electrons. The van der Waals surface area contributed by atoms with Gasteiger partial charge >= 0.3 is 6.09 Å². The molecule has 1 N–H and O–H groups in total. The fraction of sp³-hybridized carbons (Fsp3) is 0.481. The lowest BCUT2D eigenvalue weighted by atomic mass is 9.88. The number of rotatable bonds is 5. The lowest BCUT2D eigenvalue weighted by Gasteiger charge is -2.56. The maximum absolute atomic E-state index is 12.6. The second-order valence-corrected chi connectivity index (χ2v) is 11.3. The normalized spacial score (nSPS) is 21.8. The molecule has 10 nitrogen and oxygen atoms in total. The molecule has 1 saturated carbocycles. The minimum atomic E-state index is -0.739. The highest BCUT2D eigenvalue weighted by Crippen LogP contribution is 2.37. The van der Waals surface area contributed by atoms with E-state index in [9.17, 15) is 15.2 Å². The van der Waals surface area contributed by atoms with Gasteiger partial charge in [0.15, 0.2) is 0 Å². The van der Waals surface area contributed by atoms with Crippen LogP contribution < -0.4 is 9.64 Å². The number of ether oxygens (including phenoxy) is 2. The number of amides is 1. The molecule has 3 aliphatic heterocycles. The number of piperazine rings is 1. The number of hydrogen-bond donors (Lipinski definition) is 1. The van der Waals surface area contributed by atoms with E-state index in [1.807, 2.05) is 43.9 Å². The molecular weight excluding hydrogens is 472 g/mol. The average molecular weight is 503 g/mol. The molecule has 10 heteroatoms. The van der Waals surface area contributed by atoms with Crippen molar-refractivity contribution in [2.24, 2.45) is 0 Å². The Morgan fingerprint density at radius 3 is 2.57 bits per heavy atom. The number of carbonyl (C=O) groups excluding carboxylic acids is 1. The summed E-state index contributed by atoms with van der Waals surface area (Å²) in [5.41, 5.74) is 1.31. The fourth-order valence-corrected chi connectivity index (χ4v) is 5.10. The first-order valence-corrected chi connectivity index (χ1v) is 12.6. The van der Waals surface area contributed by atoms with Crippen molar-refractivity contribution in [3.8, 4) is 23.1 Å². The number of nitrogens with zero attached hydrogens (tertiary/aromatic N) is 6. The summed E-state index contributed by atoms with van der Waals surface area (Å²) in [6, 6.07) is 10.00. The number of aliphatic hydroxyl groups is 1. The Morgan fingerprint density at radius 1 is 1.19 bits per heavy atom. The van der Waals surface area contributed by atoms with Crippen molar-refractivity contribution in [2.75, 3.05) is 24.6 Å². The SMILES string of the molecule is CC(C)(C)OC(=O)N1C2CC1CN(c1ccc(-c3cc(OCC4(O)CC4)cc4ncc(C#N)n34)cn1)C2. The summed E-state index contributed by atoms with van der Waals surface area (Å²) in [5, 5.41) is 19.8. The van der Waals surface area contributed by atoms with Gasteiger partial charge in [-0.3, -0.25) is 9.30 Å². The van der Waals surface area contributed by atoms with Crippen molar-refractivity contribution >= 4 is 17.6 Å². The summed E-state index contributed by atoms with van der Waals surface area (Å²) >= 11 is 0. The smallest absolute Gasteiger partial charge is 0.410 e. The van der Waals surface area contributed by atoms with E-state index in [2.05, 4.69) is 16.0 Å². The quantitative estimate of drug-likeness (QED) is 0.565. The molecule has 4 fully saturated rings. The fourth-order valence-electron chi connectivity index (χ4n) is 5.10. The maximum Gasteiger partial charge on any atom is 0.410 e. The Labute approximate surface area is 215 Å². The Bertz CT molecular complexity index is 1390. The Hall–Kier alpha value is -3.84. The van der Waals surface area contributed by atoms with Crippen LogP contribution in [0.15, 0.2) is 36.7 Å². The van der Waals surface area contributed by atoms with Crippen LogP contribution in [0.4, 0.5) is 10.6 Å². The predicted octanol–water partition coefficient (Wildman–Crippen LogP) is 3.37. The van der Waals surface area contributed by atoms with Crippen LogP contribution in [-0.4, -0.2) is 73.5 Å². The number of carbonyl (C=O) groups is 1. The van der Waals surface area contributed by atoms with E-state index in [-0.39, 0.29) is 24.8 Å². The number of aromatic nitrogens is 3. The third-order valence-corrected chi connectivity index (χ3v) is 7.19. The number of imidazole rings is 1. The standard InChI is InChI=1S/C27H30N6O4/c1-26(2,3)37-25(34)32-18-8-19(32)15-31(14-18)23-5-4-17(12-29-23)22-9-21(36-16-27(35)6-7-27)10-24-30-13-20(11-28)33(22)24/h4-5,9-10,12-13,18-19,35H,6-8,14-16H2,1-3H3. The van der Waals surface area contributed by atoms with E-state index in [1.165, 1.54) is 6.20 Å². The number of nitriles is 1. The highest BCUT2D eigenvalue weighted by atomic mass is 16.6. The molecule has 3 aromatic heterocycles. The molecule has 0 aromatic carbocycles. The molecule has 7 rings (SSSR count). The lowest BCUT2D eigenvalue weighted by molar-refractivity contribution is -0.0380. The minimum absolute atomic E-state index is 0.119. The molecule has 2 unspecified atom stereocenters. The monoisotopic (exact) mass is 502 g/mol. The number of anilines is 1. The summed E-state index contributed by atoms with van der Waals surface area (Å²) in [6.07, 6.45) is 5.53. The van der Waals surface area contributed by atoms with Crippen LogP contribution in [0.25, 0.3) is 16.9 Å². The first-order valence-electron chi connectivity index (χ1n) is 12.6. The van der Waals surface area contributed by atoms with E-state index >= 15 is 0 Å². The molecule has 4 aliphatic rings. The highest BCUT2D eigenvalue weighted by molar-refractivity contribution is 5.71. The van der Waals surface area contributed by atoms with Crippen molar-refractivity contribution in [1.82, 2.24) is 19.3 Å². The van der Waals surface area contributed by atoms with Gasteiger partial charge < -0.3 is 19.5 Å². The summed E-state index contributed by atoms with van der Waals surface area (Å²) in [5.74, 6) is 1.42.